The van der Waals surface area contributed by atoms with E-state index in [1.807, 2.05) is 0 Å². The van der Waals surface area contributed by atoms with Gasteiger partial charge >= 0.3 is 0 Å². The zero-order chi connectivity index (χ0) is 20.5. The molecule has 1 N–H and O–H groups in total. The van der Waals surface area contributed by atoms with Crippen molar-refractivity contribution in [1.82, 2.24) is 10.1 Å². The summed E-state index contributed by atoms with van der Waals surface area (Å²) in [5.74, 6) is 1.15. The Bertz CT molecular complexity index is 782. The second-order valence-electron chi connectivity index (χ2n) is 6.05. The molecule has 1 aromatic carbocycles. The number of nitrogens with one attached hydrogen (secondary N) is 1. The van der Waals surface area contributed by atoms with Crippen LogP contribution in [0.4, 0.5) is 5.82 Å². The minimum absolute atomic E-state index is 0.145. The Hall–Kier alpha value is -3.07. The van der Waals surface area contributed by atoms with Gasteiger partial charge in [0.05, 0.1) is 14.2 Å². The first-order chi connectivity index (χ1) is 13.5. The predicted molar refractivity (Wildman–Crippen MR) is 102 cm³/mol. The number of benzene rings is 1. The van der Waals surface area contributed by atoms with Gasteiger partial charge in [-0.15, -0.1) is 0 Å². The Kier molecular flexibility index (Phi) is 7.82. The van der Waals surface area contributed by atoms with Crippen molar-refractivity contribution in [3.8, 4) is 11.5 Å². The molecule has 0 aliphatic carbocycles. The molecule has 2 aromatic rings. The number of carbonyl (C=O) groups is 2. The van der Waals surface area contributed by atoms with Gasteiger partial charge in [-0.05, 0) is 25.5 Å². The fourth-order valence-corrected chi connectivity index (χ4v) is 2.55. The third-order valence-corrected chi connectivity index (χ3v) is 3.89. The summed E-state index contributed by atoms with van der Waals surface area (Å²) in [5, 5.41) is 6.34. The first-order valence-corrected chi connectivity index (χ1v) is 8.71. The molecule has 9 nitrogen and oxygen atoms in total. The molecule has 0 radical (unpaired) electrons. The molecule has 2 amide bonds. The van der Waals surface area contributed by atoms with Crippen molar-refractivity contribution >= 4 is 17.6 Å². The van der Waals surface area contributed by atoms with E-state index < -0.39 is 0 Å². The third kappa shape index (κ3) is 5.98. The summed E-state index contributed by atoms with van der Waals surface area (Å²) < 4.78 is 20.4. The predicted octanol–water partition coefficient (Wildman–Crippen LogP) is 2.12. The van der Waals surface area contributed by atoms with Gasteiger partial charge in [-0.25, -0.2) is 0 Å². The molecular formula is C19H25N3O6. The van der Waals surface area contributed by atoms with E-state index in [-0.39, 0.29) is 18.4 Å². The highest BCUT2D eigenvalue weighted by molar-refractivity contribution is 5.99. The summed E-state index contributed by atoms with van der Waals surface area (Å²) in [6, 6.07) is 6.48. The number of rotatable bonds is 10. The molecule has 0 unspecified atom stereocenters. The Morgan fingerprint density at radius 2 is 1.79 bits per heavy atom. The van der Waals surface area contributed by atoms with Gasteiger partial charge in [0.2, 0.25) is 5.91 Å². The smallest absolute Gasteiger partial charge is 0.254 e. The van der Waals surface area contributed by atoms with Crippen LogP contribution in [0.15, 0.2) is 28.8 Å². The summed E-state index contributed by atoms with van der Waals surface area (Å²) >= 11 is 0. The van der Waals surface area contributed by atoms with Crippen LogP contribution in [0, 0.1) is 6.92 Å². The molecule has 0 atom stereocenters. The fraction of sp³-hybridized carbons (Fsp3) is 0.421. The maximum absolute atomic E-state index is 13.0. The number of aryl methyl sites for hydroxylation is 1. The highest BCUT2D eigenvalue weighted by Crippen LogP contribution is 2.23. The Labute approximate surface area is 163 Å². The van der Waals surface area contributed by atoms with Gasteiger partial charge in [-0.3, -0.25) is 9.59 Å². The summed E-state index contributed by atoms with van der Waals surface area (Å²) in [6.45, 7) is 2.39. The number of hydrogen-bond donors (Lipinski definition) is 1. The van der Waals surface area contributed by atoms with Gasteiger partial charge in [-0.2, -0.15) is 0 Å². The summed E-state index contributed by atoms with van der Waals surface area (Å²) in [5.41, 5.74) is 0.360. The van der Waals surface area contributed by atoms with Crippen LogP contribution in [-0.2, 0) is 9.53 Å². The van der Waals surface area contributed by atoms with E-state index >= 15 is 0 Å². The van der Waals surface area contributed by atoms with Crippen LogP contribution < -0.4 is 14.8 Å². The highest BCUT2D eigenvalue weighted by Gasteiger charge is 2.21. The average Bonchev–Trinajstić information content (AvgIpc) is 3.10. The van der Waals surface area contributed by atoms with Gasteiger partial charge in [0, 0.05) is 38.0 Å². The molecule has 0 saturated heterocycles. The van der Waals surface area contributed by atoms with Crippen LogP contribution in [0.25, 0.3) is 0 Å². The van der Waals surface area contributed by atoms with Crippen LogP contribution in [0.3, 0.4) is 0 Å². The minimum atomic E-state index is -0.381. The zero-order valence-electron chi connectivity index (χ0n) is 16.5. The van der Waals surface area contributed by atoms with Crippen LogP contribution >= 0.6 is 0 Å². The van der Waals surface area contributed by atoms with E-state index in [0.29, 0.717) is 48.2 Å². The van der Waals surface area contributed by atoms with Crippen molar-refractivity contribution in [2.75, 3.05) is 46.3 Å². The molecule has 0 saturated carbocycles. The maximum atomic E-state index is 13.0. The molecule has 0 aliphatic rings. The first kappa shape index (κ1) is 21.2. The monoisotopic (exact) mass is 391 g/mol. The molecule has 2 rings (SSSR count). The van der Waals surface area contributed by atoms with Crippen LogP contribution in [0.5, 0.6) is 11.5 Å². The molecule has 152 valence electrons. The van der Waals surface area contributed by atoms with E-state index in [9.17, 15) is 9.59 Å². The van der Waals surface area contributed by atoms with E-state index in [0.717, 1.165) is 0 Å². The second kappa shape index (κ2) is 10.3. The molecule has 1 aromatic heterocycles. The fourth-order valence-electron chi connectivity index (χ4n) is 2.55. The molecule has 0 aliphatic heterocycles. The van der Waals surface area contributed by atoms with E-state index in [1.165, 1.54) is 19.1 Å². The number of aromatic nitrogens is 1. The zero-order valence-corrected chi connectivity index (χ0v) is 16.5. The quantitative estimate of drug-likeness (QED) is 0.619. The van der Waals surface area contributed by atoms with Gasteiger partial charge in [0.1, 0.15) is 23.8 Å². The van der Waals surface area contributed by atoms with Gasteiger partial charge in [0.15, 0.2) is 5.82 Å². The molecule has 1 heterocycles. The first-order valence-electron chi connectivity index (χ1n) is 8.71. The number of amides is 2. The van der Waals surface area contributed by atoms with E-state index in [4.69, 9.17) is 18.7 Å². The van der Waals surface area contributed by atoms with Crippen molar-refractivity contribution in [1.29, 1.82) is 0 Å². The SMILES string of the molecule is COCCCN(CC(=O)Nc1cc(C)on1)C(=O)c1cc(OC)cc(OC)c1. The van der Waals surface area contributed by atoms with Crippen molar-refractivity contribution in [2.45, 2.75) is 13.3 Å². The molecule has 28 heavy (non-hydrogen) atoms. The van der Waals surface area contributed by atoms with Gasteiger partial charge in [-0.1, -0.05) is 5.16 Å². The van der Waals surface area contributed by atoms with E-state index in [2.05, 4.69) is 10.5 Å². The number of carbonyl (C=O) groups excluding carboxylic acids is 2. The standard InChI is InChI=1S/C19H25N3O6/c1-13-8-17(21-28-13)20-18(23)12-22(6-5-7-25-2)19(24)14-9-15(26-3)11-16(10-14)27-4/h8-11H,5-7,12H2,1-4H3,(H,20,21,23). The lowest BCUT2D eigenvalue weighted by Gasteiger charge is -2.22. The van der Waals surface area contributed by atoms with Crippen molar-refractivity contribution in [2.24, 2.45) is 0 Å². The Balaban J connectivity index is 2.16. The van der Waals surface area contributed by atoms with Crippen LogP contribution in [0.2, 0.25) is 0 Å². The lowest BCUT2D eigenvalue weighted by molar-refractivity contribution is -0.117. The molecule has 0 spiro atoms. The van der Waals surface area contributed by atoms with Crippen LogP contribution in [0.1, 0.15) is 22.5 Å². The normalized spacial score (nSPS) is 10.4. The van der Waals surface area contributed by atoms with Crippen molar-refractivity contribution in [3.63, 3.8) is 0 Å². The number of methoxy groups -OCH3 is 3. The third-order valence-electron chi connectivity index (χ3n) is 3.89. The lowest BCUT2D eigenvalue weighted by atomic mass is 10.1. The molecular weight excluding hydrogens is 366 g/mol. The molecule has 0 fully saturated rings. The van der Waals surface area contributed by atoms with Crippen molar-refractivity contribution < 1.29 is 28.3 Å². The summed E-state index contributed by atoms with van der Waals surface area (Å²) in [7, 11) is 4.60. The second-order valence-corrected chi connectivity index (χ2v) is 6.05. The number of nitrogens with zero attached hydrogens (tertiary/aromatic N) is 2. The molecule has 9 heteroatoms. The number of hydrogen-bond acceptors (Lipinski definition) is 7. The van der Waals surface area contributed by atoms with Crippen molar-refractivity contribution in [3.05, 3.63) is 35.6 Å². The average molecular weight is 391 g/mol. The minimum Gasteiger partial charge on any atom is -0.497 e. The van der Waals surface area contributed by atoms with Crippen LogP contribution in [-0.4, -0.2) is 62.9 Å². The van der Waals surface area contributed by atoms with E-state index in [1.54, 1.807) is 38.3 Å². The number of ether oxygens (including phenoxy) is 3. The van der Waals surface area contributed by atoms with Gasteiger partial charge < -0.3 is 29.0 Å². The largest absolute Gasteiger partial charge is 0.497 e. The highest BCUT2D eigenvalue weighted by atomic mass is 16.5. The maximum Gasteiger partial charge on any atom is 0.254 e. The Morgan fingerprint density at radius 3 is 2.32 bits per heavy atom. The Morgan fingerprint density at radius 1 is 1.11 bits per heavy atom. The van der Waals surface area contributed by atoms with Gasteiger partial charge in [0.25, 0.3) is 5.91 Å². The summed E-state index contributed by atoms with van der Waals surface area (Å²) in [6.07, 6.45) is 0.583. The topological polar surface area (TPSA) is 103 Å². The summed E-state index contributed by atoms with van der Waals surface area (Å²) in [4.78, 5) is 26.8. The number of anilines is 1. The lowest BCUT2D eigenvalue weighted by Crippen LogP contribution is -2.39. The molecule has 0 bridgehead atoms.